The maximum absolute atomic E-state index is 13.9. The summed E-state index contributed by atoms with van der Waals surface area (Å²) in [6, 6.07) is 7.52. The molecular weight excluding hydrogens is 546 g/mol. The van der Waals surface area contributed by atoms with Gasteiger partial charge in [0.2, 0.25) is 17.6 Å². The molecule has 4 fully saturated rings. The second kappa shape index (κ2) is 13.2. The molecular formula is C34H47N3O6. The van der Waals surface area contributed by atoms with Crippen molar-refractivity contribution in [2.75, 3.05) is 13.1 Å². The fraction of sp³-hybridized carbons (Fsp3) is 0.676. The Morgan fingerprint density at radius 3 is 2.33 bits per heavy atom. The Hall–Kier alpha value is -3.23. The Morgan fingerprint density at radius 2 is 1.67 bits per heavy atom. The third kappa shape index (κ3) is 6.96. The van der Waals surface area contributed by atoms with E-state index in [1.54, 1.807) is 4.90 Å². The third-order valence-electron chi connectivity index (χ3n) is 10.8. The molecule has 2 N–H and O–H groups in total. The van der Waals surface area contributed by atoms with Gasteiger partial charge in [-0.2, -0.15) is 0 Å². The zero-order valence-electron chi connectivity index (χ0n) is 25.8. The van der Waals surface area contributed by atoms with E-state index in [0.717, 1.165) is 50.5 Å². The summed E-state index contributed by atoms with van der Waals surface area (Å²) in [4.78, 5) is 67.9. The lowest BCUT2D eigenvalue weighted by atomic mass is 9.79. The van der Waals surface area contributed by atoms with Crippen LogP contribution in [0.1, 0.15) is 84.1 Å². The number of benzene rings is 1. The number of fused-ring (bicyclic) bond motifs is 1. The third-order valence-corrected chi connectivity index (χ3v) is 10.8. The highest BCUT2D eigenvalue weighted by Crippen LogP contribution is 2.65. The largest absolute Gasteiger partial charge is 0.460 e. The molecule has 3 aliphatic carbocycles. The van der Waals surface area contributed by atoms with E-state index in [9.17, 15) is 24.0 Å². The molecule has 9 heteroatoms. The number of nitrogens with one attached hydrogen (secondary N) is 2. The monoisotopic (exact) mass is 593 g/mol. The molecule has 1 aromatic carbocycles. The van der Waals surface area contributed by atoms with Gasteiger partial charge in [0.05, 0.1) is 6.04 Å². The Kier molecular flexibility index (Phi) is 9.57. The molecule has 1 aromatic rings. The average Bonchev–Trinajstić information content (AvgIpc) is 3.30. The lowest BCUT2D eigenvalue weighted by Gasteiger charge is -2.36. The van der Waals surface area contributed by atoms with E-state index in [2.05, 4.69) is 24.5 Å². The van der Waals surface area contributed by atoms with E-state index >= 15 is 0 Å². The molecule has 43 heavy (non-hydrogen) atoms. The van der Waals surface area contributed by atoms with Crippen LogP contribution in [0.25, 0.3) is 0 Å². The maximum atomic E-state index is 13.9. The summed E-state index contributed by atoms with van der Waals surface area (Å²) in [5.41, 5.74) is 0.757. The van der Waals surface area contributed by atoms with Crippen molar-refractivity contribution < 1.29 is 28.7 Å². The molecule has 0 aromatic heterocycles. The molecule has 234 valence electrons. The zero-order chi connectivity index (χ0) is 30.7. The Balaban J connectivity index is 1.22. The van der Waals surface area contributed by atoms with Gasteiger partial charge >= 0.3 is 5.97 Å². The number of hydrogen-bond acceptors (Lipinski definition) is 6. The van der Waals surface area contributed by atoms with Crippen molar-refractivity contribution in [3.8, 4) is 0 Å². The smallest absolute Gasteiger partial charge is 0.325 e. The molecule has 0 spiro atoms. The average molecular weight is 594 g/mol. The van der Waals surface area contributed by atoms with Crippen molar-refractivity contribution >= 4 is 29.5 Å². The minimum atomic E-state index is -1.01. The van der Waals surface area contributed by atoms with Crippen molar-refractivity contribution in [3.05, 3.63) is 35.9 Å². The number of ketones is 1. The number of amides is 3. The van der Waals surface area contributed by atoms with Gasteiger partial charge in [0.25, 0.3) is 5.91 Å². The number of Topliss-reactive ketones (excluding diaryl/α,β-unsaturated/α-hetero) is 1. The SMILES string of the molecule is C[C@H](C(=O)N1C[C@H]2[C@@H]([C@H]1C(=O)NC(CC1CCC1)C(=O)C(=O)NCC(=O)OCc1ccccc1)C2(C)C)C1CCCCC1. The number of carbonyl (C=O) groups excluding carboxylic acids is 5. The number of nitrogens with zero attached hydrogens (tertiary/aromatic N) is 1. The topological polar surface area (TPSA) is 122 Å². The van der Waals surface area contributed by atoms with Gasteiger partial charge in [-0.15, -0.1) is 0 Å². The van der Waals surface area contributed by atoms with E-state index in [1.165, 1.54) is 6.42 Å². The summed E-state index contributed by atoms with van der Waals surface area (Å²) in [7, 11) is 0. The van der Waals surface area contributed by atoms with Gasteiger partial charge in [0, 0.05) is 12.5 Å². The van der Waals surface area contributed by atoms with Crippen LogP contribution in [0.4, 0.5) is 0 Å². The zero-order valence-corrected chi connectivity index (χ0v) is 25.8. The summed E-state index contributed by atoms with van der Waals surface area (Å²) in [6.07, 6.45) is 8.89. The number of hydrogen-bond donors (Lipinski definition) is 2. The molecule has 0 radical (unpaired) electrons. The van der Waals surface area contributed by atoms with Crippen molar-refractivity contribution in [2.24, 2.45) is 35.0 Å². The van der Waals surface area contributed by atoms with E-state index in [-0.39, 0.29) is 47.5 Å². The Bertz CT molecular complexity index is 1210. The summed E-state index contributed by atoms with van der Waals surface area (Å²) in [5, 5.41) is 5.29. The molecule has 5 rings (SSSR count). The van der Waals surface area contributed by atoms with E-state index in [1.807, 2.05) is 37.3 Å². The highest BCUT2D eigenvalue weighted by molar-refractivity contribution is 6.38. The van der Waals surface area contributed by atoms with Gasteiger partial charge in [-0.1, -0.05) is 89.6 Å². The first-order valence-corrected chi connectivity index (χ1v) is 16.2. The van der Waals surface area contributed by atoms with Crippen LogP contribution in [0.15, 0.2) is 30.3 Å². The van der Waals surface area contributed by atoms with Gasteiger partial charge in [-0.3, -0.25) is 24.0 Å². The first-order valence-electron chi connectivity index (χ1n) is 16.2. The van der Waals surface area contributed by atoms with Gasteiger partial charge in [-0.05, 0) is 53.9 Å². The highest BCUT2D eigenvalue weighted by Gasteiger charge is 2.69. The number of piperidine rings is 1. The minimum absolute atomic E-state index is 0.0303. The maximum Gasteiger partial charge on any atom is 0.325 e. The van der Waals surface area contributed by atoms with Crippen molar-refractivity contribution in [2.45, 2.75) is 97.2 Å². The molecule has 1 aliphatic heterocycles. The van der Waals surface area contributed by atoms with Crippen LogP contribution in [0, 0.1) is 35.0 Å². The number of ether oxygens (including phenoxy) is 1. The number of rotatable bonds is 12. The molecule has 4 aliphatic rings. The standard InChI is InChI=1S/C34H47N3O6/c1-21(24-15-8-5-9-16-24)33(42)37-19-25-28(34(25,2)3)29(37)31(40)36-26(17-22-13-10-14-22)30(39)32(41)35-18-27(38)43-20-23-11-6-4-7-12-23/h4,6-7,11-12,21-22,24-26,28-29H,5,8-10,13-20H2,1-3H3,(H,35,41)(H,36,40)/t21-,25-,26?,28-,29-/m0/s1. The van der Waals surface area contributed by atoms with Crippen LogP contribution in [0.3, 0.4) is 0 Å². The predicted octanol–water partition coefficient (Wildman–Crippen LogP) is 3.79. The minimum Gasteiger partial charge on any atom is -0.460 e. The first kappa shape index (κ1) is 31.2. The number of esters is 1. The van der Waals surface area contributed by atoms with Gasteiger partial charge in [-0.25, -0.2) is 0 Å². The number of carbonyl (C=O) groups is 5. The molecule has 1 heterocycles. The molecule has 1 saturated heterocycles. The van der Waals surface area contributed by atoms with Crippen LogP contribution in [0.2, 0.25) is 0 Å². The fourth-order valence-electron chi connectivity index (χ4n) is 7.65. The van der Waals surface area contributed by atoms with Gasteiger partial charge in [0.15, 0.2) is 0 Å². The summed E-state index contributed by atoms with van der Waals surface area (Å²) in [5.74, 6) is -1.94. The normalized spacial score (nSPS) is 25.9. The molecule has 3 saturated carbocycles. The second-order valence-corrected chi connectivity index (χ2v) is 13.9. The van der Waals surface area contributed by atoms with Crippen LogP contribution in [-0.2, 0) is 35.3 Å². The first-order chi connectivity index (χ1) is 20.6. The fourth-order valence-corrected chi connectivity index (χ4v) is 7.65. The van der Waals surface area contributed by atoms with E-state index < -0.39 is 36.3 Å². The Morgan fingerprint density at radius 1 is 0.977 bits per heavy atom. The second-order valence-electron chi connectivity index (χ2n) is 13.9. The molecule has 0 bridgehead atoms. The van der Waals surface area contributed by atoms with Crippen molar-refractivity contribution in [1.82, 2.24) is 15.5 Å². The van der Waals surface area contributed by atoms with Crippen LogP contribution in [-0.4, -0.2) is 59.5 Å². The predicted molar refractivity (Wildman–Crippen MR) is 160 cm³/mol. The summed E-state index contributed by atoms with van der Waals surface area (Å²) in [6.45, 7) is 6.45. The summed E-state index contributed by atoms with van der Waals surface area (Å²) >= 11 is 0. The van der Waals surface area contributed by atoms with Crippen LogP contribution in [0.5, 0.6) is 0 Å². The molecule has 5 atom stereocenters. The summed E-state index contributed by atoms with van der Waals surface area (Å²) < 4.78 is 5.20. The van der Waals surface area contributed by atoms with Crippen LogP contribution < -0.4 is 10.6 Å². The number of likely N-dealkylation sites (tertiary alicyclic amines) is 1. The molecule has 1 unspecified atom stereocenters. The van der Waals surface area contributed by atoms with Crippen LogP contribution >= 0.6 is 0 Å². The van der Waals surface area contributed by atoms with Gasteiger partial charge in [0.1, 0.15) is 19.2 Å². The lowest BCUT2D eigenvalue weighted by Crippen LogP contribution is -2.56. The molecule has 3 amide bonds. The van der Waals surface area contributed by atoms with Crippen molar-refractivity contribution in [3.63, 3.8) is 0 Å². The van der Waals surface area contributed by atoms with Crippen molar-refractivity contribution in [1.29, 1.82) is 0 Å². The van der Waals surface area contributed by atoms with E-state index in [4.69, 9.17) is 4.74 Å². The van der Waals surface area contributed by atoms with Gasteiger partial charge < -0.3 is 20.3 Å². The quantitative estimate of drug-likeness (QED) is 0.281. The lowest BCUT2D eigenvalue weighted by molar-refractivity contribution is -0.147. The highest BCUT2D eigenvalue weighted by atomic mass is 16.5. The molecule has 9 nitrogen and oxygen atoms in total. The van der Waals surface area contributed by atoms with E-state index in [0.29, 0.717) is 18.9 Å². The Labute approximate surface area is 254 Å².